The fraction of sp³-hybridized carbons (Fsp3) is 0.154. The second-order valence-corrected chi connectivity index (χ2v) is 8.26. The number of benzene rings is 1. The first-order chi connectivity index (χ1) is 17.5. The Hall–Kier alpha value is -4.78. The summed E-state index contributed by atoms with van der Waals surface area (Å²) in [7, 11) is 0. The molecule has 1 aliphatic heterocycles. The van der Waals surface area contributed by atoms with Crippen molar-refractivity contribution >= 4 is 28.4 Å². The predicted molar refractivity (Wildman–Crippen MR) is 132 cm³/mol. The Morgan fingerprint density at radius 1 is 1.17 bits per heavy atom. The summed E-state index contributed by atoms with van der Waals surface area (Å²) in [4.78, 5) is 13.7. The first-order valence-corrected chi connectivity index (χ1v) is 11.2. The van der Waals surface area contributed by atoms with E-state index in [1.165, 1.54) is 24.7 Å². The number of amides is 1. The van der Waals surface area contributed by atoms with E-state index in [-0.39, 0.29) is 5.91 Å². The van der Waals surface area contributed by atoms with Gasteiger partial charge in [0.25, 0.3) is 0 Å². The molecule has 0 radical (unpaired) electrons. The lowest BCUT2D eigenvalue weighted by Crippen LogP contribution is -2.28. The zero-order valence-electron chi connectivity index (χ0n) is 19.1. The van der Waals surface area contributed by atoms with E-state index in [9.17, 15) is 18.8 Å². The first-order valence-electron chi connectivity index (χ1n) is 11.2. The molecular formula is C26H21F2N7O. The van der Waals surface area contributed by atoms with Crippen molar-refractivity contribution in [3.63, 3.8) is 0 Å². The van der Waals surface area contributed by atoms with E-state index in [1.807, 2.05) is 30.3 Å². The minimum Gasteiger partial charge on any atom is -0.367 e. The molecule has 0 unspecified atom stereocenters. The van der Waals surface area contributed by atoms with Gasteiger partial charge in [-0.25, -0.2) is 9.20 Å². The van der Waals surface area contributed by atoms with Crippen LogP contribution in [0.4, 0.5) is 20.2 Å². The van der Waals surface area contributed by atoms with Crippen LogP contribution in [0.15, 0.2) is 73.9 Å². The van der Waals surface area contributed by atoms with Gasteiger partial charge in [-0.05, 0) is 48.4 Å². The van der Waals surface area contributed by atoms with Gasteiger partial charge in [0, 0.05) is 53.5 Å². The zero-order chi connectivity index (χ0) is 25.2. The Bertz CT molecular complexity index is 1530. The SMILES string of the molecule is C=CC(=O)Nc1ccc(N2CC=C(c3cc(-c4cnn(C(F)F)c4)cn4ncc(C#N)c34)CC2)cc1. The molecule has 0 saturated carbocycles. The Labute approximate surface area is 205 Å². The molecule has 0 bridgehead atoms. The number of fused-ring (bicyclic) bond motifs is 1. The average molecular weight is 485 g/mol. The van der Waals surface area contributed by atoms with E-state index in [0.717, 1.165) is 23.4 Å². The second kappa shape index (κ2) is 9.46. The number of anilines is 2. The highest BCUT2D eigenvalue weighted by atomic mass is 19.3. The summed E-state index contributed by atoms with van der Waals surface area (Å²) < 4.78 is 28.3. The fourth-order valence-corrected chi connectivity index (χ4v) is 4.30. The van der Waals surface area contributed by atoms with Gasteiger partial charge in [0.1, 0.15) is 6.07 Å². The largest absolute Gasteiger partial charge is 0.367 e. The average Bonchev–Trinajstić information content (AvgIpc) is 3.56. The molecule has 0 saturated heterocycles. The van der Waals surface area contributed by atoms with Crippen LogP contribution in [0.5, 0.6) is 0 Å². The maximum Gasteiger partial charge on any atom is 0.333 e. The van der Waals surface area contributed by atoms with Crippen molar-refractivity contribution in [1.29, 1.82) is 5.26 Å². The fourth-order valence-electron chi connectivity index (χ4n) is 4.30. The van der Waals surface area contributed by atoms with Crippen molar-refractivity contribution in [2.24, 2.45) is 0 Å². The maximum atomic E-state index is 13.0. The molecule has 4 heterocycles. The molecule has 0 atom stereocenters. The number of rotatable bonds is 6. The topological polar surface area (TPSA) is 91.2 Å². The minimum absolute atomic E-state index is 0.264. The molecule has 0 spiro atoms. The lowest BCUT2D eigenvalue weighted by Gasteiger charge is -2.29. The number of nitriles is 1. The second-order valence-electron chi connectivity index (χ2n) is 8.26. The first kappa shape index (κ1) is 23.0. The zero-order valence-corrected chi connectivity index (χ0v) is 19.1. The van der Waals surface area contributed by atoms with Crippen LogP contribution in [0.1, 0.15) is 24.1 Å². The van der Waals surface area contributed by atoms with Crippen LogP contribution in [-0.4, -0.2) is 38.4 Å². The summed E-state index contributed by atoms with van der Waals surface area (Å²) in [6, 6.07) is 11.7. The number of aromatic nitrogens is 4. The number of pyridine rings is 1. The van der Waals surface area contributed by atoms with Crippen LogP contribution in [-0.2, 0) is 4.79 Å². The molecule has 4 aromatic rings. The molecule has 8 nitrogen and oxygen atoms in total. The van der Waals surface area contributed by atoms with E-state index < -0.39 is 6.55 Å². The van der Waals surface area contributed by atoms with Crippen LogP contribution in [0, 0.1) is 11.3 Å². The van der Waals surface area contributed by atoms with Gasteiger partial charge in [-0.1, -0.05) is 12.7 Å². The molecule has 5 rings (SSSR count). The smallest absolute Gasteiger partial charge is 0.333 e. The Morgan fingerprint density at radius 3 is 2.61 bits per heavy atom. The van der Waals surface area contributed by atoms with Gasteiger partial charge in [0.2, 0.25) is 5.91 Å². The van der Waals surface area contributed by atoms with Crippen LogP contribution < -0.4 is 10.2 Å². The maximum absolute atomic E-state index is 13.0. The molecule has 1 aromatic carbocycles. The number of hydrogen-bond acceptors (Lipinski definition) is 5. The van der Waals surface area contributed by atoms with Gasteiger partial charge < -0.3 is 10.2 Å². The van der Waals surface area contributed by atoms with Crippen molar-refractivity contribution in [2.75, 3.05) is 23.3 Å². The van der Waals surface area contributed by atoms with Crippen molar-refractivity contribution in [3.05, 3.63) is 85.0 Å². The molecule has 180 valence electrons. The van der Waals surface area contributed by atoms with E-state index >= 15 is 0 Å². The van der Waals surface area contributed by atoms with Gasteiger partial charge in [-0.3, -0.25) is 4.79 Å². The molecule has 10 heteroatoms. The third-order valence-electron chi connectivity index (χ3n) is 6.11. The molecule has 1 amide bonds. The van der Waals surface area contributed by atoms with Crippen molar-refractivity contribution in [1.82, 2.24) is 19.4 Å². The number of nitrogens with zero attached hydrogens (tertiary/aromatic N) is 6. The van der Waals surface area contributed by atoms with E-state index in [1.54, 1.807) is 10.7 Å². The molecule has 0 aliphatic carbocycles. The van der Waals surface area contributed by atoms with Gasteiger partial charge in [-0.2, -0.15) is 24.2 Å². The van der Waals surface area contributed by atoms with Crippen LogP contribution >= 0.6 is 0 Å². The molecule has 1 N–H and O–H groups in total. The highest BCUT2D eigenvalue weighted by Crippen LogP contribution is 2.33. The summed E-state index contributed by atoms with van der Waals surface area (Å²) in [5.41, 5.74) is 5.94. The molecule has 0 fully saturated rings. The molecule has 3 aromatic heterocycles. The minimum atomic E-state index is -2.73. The number of nitrogens with one attached hydrogen (secondary N) is 1. The molecule has 36 heavy (non-hydrogen) atoms. The van der Waals surface area contributed by atoms with Crippen LogP contribution in [0.2, 0.25) is 0 Å². The van der Waals surface area contributed by atoms with Crippen LogP contribution in [0.3, 0.4) is 0 Å². The predicted octanol–water partition coefficient (Wildman–Crippen LogP) is 4.88. The summed E-state index contributed by atoms with van der Waals surface area (Å²) in [5.74, 6) is -0.264. The summed E-state index contributed by atoms with van der Waals surface area (Å²) >= 11 is 0. The lowest BCUT2D eigenvalue weighted by atomic mass is 9.95. The lowest BCUT2D eigenvalue weighted by molar-refractivity contribution is -0.111. The van der Waals surface area contributed by atoms with Gasteiger partial charge in [0.05, 0.1) is 23.5 Å². The van der Waals surface area contributed by atoms with E-state index in [4.69, 9.17) is 0 Å². The highest BCUT2D eigenvalue weighted by molar-refractivity contribution is 5.99. The Kier molecular flexibility index (Phi) is 6.04. The Morgan fingerprint density at radius 2 is 1.97 bits per heavy atom. The monoisotopic (exact) mass is 485 g/mol. The van der Waals surface area contributed by atoms with Crippen LogP contribution in [0.25, 0.3) is 22.2 Å². The third-order valence-corrected chi connectivity index (χ3v) is 6.11. The highest BCUT2D eigenvalue weighted by Gasteiger charge is 2.20. The van der Waals surface area contributed by atoms with E-state index in [0.29, 0.717) is 45.5 Å². The van der Waals surface area contributed by atoms with Gasteiger partial charge in [-0.15, -0.1) is 0 Å². The molecule has 1 aliphatic rings. The van der Waals surface area contributed by atoms with Gasteiger partial charge >= 0.3 is 6.55 Å². The van der Waals surface area contributed by atoms with Gasteiger partial charge in [0.15, 0.2) is 0 Å². The number of halogens is 2. The van der Waals surface area contributed by atoms with Crippen molar-refractivity contribution < 1.29 is 13.6 Å². The van der Waals surface area contributed by atoms with Crippen molar-refractivity contribution in [3.8, 4) is 17.2 Å². The number of hydrogen-bond donors (Lipinski definition) is 1. The summed E-state index contributed by atoms with van der Waals surface area (Å²) in [6.45, 7) is 2.11. The van der Waals surface area contributed by atoms with Crippen molar-refractivity contribution in [2.45, 2.75) is 13.0 Å². The molecular weight excluding hydrogens is 464 g/mol. The number of carbonyl (C=O) groups is 1. The summed E-state index contributed by atoms with van der Waals surface area (Å²) in [6.07, 6.45) is 9.95. The number of carbonyl (C=O) groups excluding carboxylic acids is 1. The number of alkyl halides is 2. The quantitative estimate of drug-likeness (QED) is 0.393. The third kappa shape index (κ3) is 4.34. The Balaban J connectivity index is 1.45. The summed E-state index contributed by atoms with van der Waals surface area (Å²) in [5, 5.41) is 20.4. The van der Waals surface area contributed by atoms with E-state index in [2.05, 4.69) is 39.1 Å². The normalized spacial score (nSPS) is 13.5. The standard InChI is InChI=1S/C26H21F2N7O/c1-2-24(36)32-21-3-5-22(6-4-21)33-9-7-17(8-10-33)23-11-18(20-14-31-35(16-20)26(27)28)15-34-25(23)19(12-29)13-30-34/h2-7,11,13-16,26H,1,8-10H2,(H,32,36).